The highest BCUT2D eigenvalue weighted by Crippen LogP contribution is 2.20. The monoisotopic (exact) mass is 395 g/mol. The van der Waals surface area contributed by atoms with Crippen molar-refractivity contribution in [2.75, 3.05) is 13.1 Å². The minimum absolute atomic E-state index is 0.0618. The van der Waals surface area contributed by atoms with Crippen molar-refractivity contribution >= 4 is 16.0 Å². The zero-order valence-corrected chi connectivity index (χ0v) is 16.9. The average Bonchev–Trinajstić information content (AvgIpc) is 3.08. The molecule has 0 bridgehead atoms. The van der Waals surface area contributed by atoms with Crippen LogP contribution in [0.3, 0.4) is 0 Å². The lowest BCUT2D eigenvalue weighted by Crippen LogP contribution is -2.30. The first-order chi connectivity index (χ1) is 12.8. The third kappa shape index (κ3) is 4.92. The maximum atomic E-state index is 12.7. The standard InChI is InChI=1S/C18H25N3O5S/c1-5-8-16-19-17(26-20-16)12-25-18(22)15-11-14(10-9-13(15)4)27(23,24)21(6-2)7-3/h9-11H,5-8,12H2,1-4H3. The summed E-state index contributed by atoms with van der Waals surface area (Å²) in [6.07, 6.45) is 1.56. The van der Waals surface area contributed by atoms with E-state index >= 15 is 0 Å². The number of hydrogen-bond acceptors (Lipinski definition) is 7. The molecule has 9 heteroatoms. The van der Waals surface area contributed by atoms with E-state index in [2.05, 4.69) is 10.1 Å². The highest BCUT2D eigenvalue weighted by molar-refractivity contribution is 7.89. The molecule has 8 nitrogen and oxygen atoms in total. The summed E-state index contributed by atoms with van der Waals surface area (Å²) in [4.78, 5) is 16.6. The van der Waals surface area contributed by atoms with Gasteiger partial charge in [-0.3, -0.25) is 0 Å². The van der Waals surface area contributed by atoms with E-state index in [0.717, 1.165) is 6.42 Å². The Hall–Kier alpha value is -2.26. The van der Waals surface area contributed by atoms with Crippen LogP contribution in [0.15, 0.2) is 27.6 Å². The lowest BCUT2D eigenvalue weighted by atomic mass is 10.1. The molecule has 0 radical (unpaired) electrons. The average molecular weight is 395 g/mol. The van der Waals surface area contributed by atoms with Crippen molar-refractivity contribution in [3.8, 4) is 0 Å². The lowest BCUT2D eigenvalue weighted by molar-refractivity contribution is 0.0428. The Morgan fingerprint density at radius 1 is 1.22 bits per heavy atom. The number of carbonyl (C=O) groups is 1. The van der Waals surface area contributed by atoms with Gasteiger partial charge >= 0.3 is 5.97 Å². The van der Waals surface area contributed by atoms with Gasteiger partial charge in [0.25, 0.3) is 5.89 Å². The predicted octanol–water partition coefficient (Wildman–Crippen LogP) is 2.72. The second kappa shape index (κ2) is 9.09. The Morgan fingerprint density at radius 2 is 1.93 bits per heavy atom. The van der Waals surface area contributed by atoms with Crippen LogP contribution in [0, 0.1) is 6.92 Å². The van der Waals surface area contributed by atoms with Crippen molar-refractivity contribution in [1.82, 2.24) is 14.4 Å². The number of hydrogen-bond donors (Lipinski definition) is 0. The zero-order valence-electron chi connectivity index (χ0n) is 16.1. The molecule has 0 aliphatic rings. The maximum Gasteiger partial charge on any atom is 0.338 e. The molecule has 0 aliphatic carbocycles. The first-order valence-corrected chi connectivity index (χ1v) is 10.4. The molecular formula is C18H25N3O5S. The summed E-state index contributed by atoms with van der Waals surface area (Å²) in [6.45, 7) is 7.78. The Morgan fingerprint density at radius 3 is 2.56 bits per heavy atom. The zero-order chi connectivity index (χ0) is 20.0. The number of aromatic nitrogens is 2. The molecule has 0 fully saturated rings. The summed E-state index contributed by atoms with van der Waals surface area (Å²) >= 11 is 0. The molecule has 0 saturated carbocycles. The number of esters is 1. The van der Waals surface area contributed by atoms with Crippen molar-refractivity contribution in [3.63, 3.8) is 0 Å². The molecule has 0 spiro atoms. The summed E-state index contributed by atoms with van der Waals surface area (Å²) in [5.41, 5.74) is 0.812. The number of carbonyl (C=O) groups excluding carboxylic acids is 1. The van der Waals surface area contributed by atoms with Crippen molar-refractivity contribution in [2.45, 2.75) is 52.0 Å². The largest absolute Gasteiger partial charge is 0.452 e. The van der Waals surface area contributed by atoms with E-state index in [9.17, 15) is 13.2 Å². The number of rotatable bonds is 9. The van der Waals surface area contributed by atoms with Gasteiger partial charge in [0.15, 0.2) is 12.4 Å². The second-order valence-electron chi connectivity index (χ2n) is 6.00. The van der Waals surface area contributed by atoms with Gasteiger partial charge in [0.2, 0.25) is 10.0 Å². The Labute approximate surface area is 159 Å². The topological polar surface area (TPSA) is 103 Å². The molecule has 27 heavy (non-hydrogen) atoms. The van der Waals surface area contributed by atoms with Gasteiger partial charge in [-0.05, 0) is 31.0 Å². The van der Waals surface area contributed by atoms with Gasteiger partial charge in [0.1, 0.15) is 0 Å². The van der Waals surface area contributed by atoms with Gasteiger partial charge in [-0.25, -0.2) is 13.2 Å². The van der Waals surface area contributed by atoms with Crippen LogP contribution in [0.4, 0.5) is 0 Å². The van der Waals surface area contributed by atoms with Crippen LogP contribution in [-0.4, -0.2) is 41.9 Å². The number of benzene rings is 1. The van der Waals surface area contributed by atoms with E-state index in [4.69, 9.17) is 9.26 Å². The smallest absolute Gasteiger partial charge is 0.338 e. The molecule has 1 heterocycles. The fourth-order valence-corrected chi connectivity index (χ4v) is 4.06. The Kier molecular flexibility index (Phi) is 7.09. The molecule has 0 unspecified atom stereocenters. The minimum atomic E-state index is -3.66. The molecule has 0 N–H and O–H groups in total. The van der Waals surface area contributed by atoms with E-state index in [-0.39, 0.29) is 23.0 Å². The molecule has 148 valence electrons. The first kappa shape index (κ1) is 21.0. The quantitative estimate of drug-likeness (QED) is 0.601. The number of sulfonamides is 1. The number of aryl methyl sites for hydroxylation is 2. The van der Waals surface area contributed by atoms with Crippen LogP contribution in [-0.2, 0) is 27.8 Å². The molecule has 2 aromatic rings. The van der Waals surface area contributed by atoms with E-state index in [1.807, 2.05) is 6.92 Å². The highest BCUT2D eigenvalue weighted by Gasteiger charge is 2.24. The first-order valence-electron chi connectivity index (χ1n) is 8.92. The summed E-state index contributed by atoms with van der Waals surface area (Å²) < 4.78 is 36.9. The van der Waals surface area contributed by atoms with Crippen molar-refractivity contribution in [1.29, 1.82) is 0 Å². The normalized spacial score (nSPS) is 11.7. The third-order valence-corrected chi connectivity index (χ3v) is 6.13. The molecule has 1 aromatic heterocycles. The molecule has 0 amide bonds. The SMILES string of the molecule is CCCc1noc(COC(=O)c2cc(S(=O)(=O)N(CC)CC)ccc2C)n1. The van der Waals surface area contributed by atoms with Gasteiger partial charge in [0, 0.05) is 19.5 Å². The van der Waals surface area contributed by atoms with Gasteiger partial charge in [0.05, 0.1) is 10.5 Å². The fraction of sp³-hybridized carbons (Fsp3) is 0.500. The Balaban J connectivity index is 2.18. The van der Waals surface area contributed by atoms with Crippen molar-refractivity contribution in [3.05, 3.63) is 41.0 Å². The van der Waals surface area contributed by atoms with E-state index in [1.165, 1.54) is 16.4 Å². The van der Waals surface area contributed by atoms with Crippen LogP contribution in [0.25, 0.3) is 0 Å². The molecule has 1 aromatic carbocycles. The van der Waals surface area contributed by atoms with E-state index < -0.39 is 16.0 Å². The Bertz CT molecular complexity index is 888. The molecule has 0 atom stereocenters. The van der Waals surface area contributed by atoms with Gasteiger partial charge in [-0.2, -0.15) is 9.29 Å². The maximum absolute atomic E-state index is 12.7. The lowest BCUT2D eigenvalue weighted by Gasteiger charge is -2.19. The van der Waals surface area contributed by atoms with Crippen LogP contribution in [0.1, 0.15) is 54.8 Å². The number of nitrogens with zero attached hydrogens (tertiary/aromatic N) is 3. The van der Waals surface area contributed by atoms with Gasteiger partial charge in [-0.1, -0.05) is 32.0 Å². The highest BCUT2D eigenvalue weighted by atomic mass is 32.2. The van der Waals surface area contributed by atoms with Crippen LogP contribution < -0.4 is 0 Å². The predicted molar refractivity (Wildman–Crippen MR) is 98.7 cm³/mol. The van der Waals surface area contributed by atoms with E-state index in [0.29, 0.717) is 30.9 Å². The molecule has 2 rings (SSSR count). The van der Waals surface area contributed by atoms with Crippen LogP contribution >= 0.6 is 0 Å². The van der Waals surface area contributed by atoms with Gasteiger partial charge < -0.3 is 9.26 Å². The van der Waals surface area contributed by atoms with E-state index in [1.54, 1.807) is 26.8 Å². The summed E-state index contributed by atoms with van der Waals surface area (Å²) in [6, 6.07) is 4.44. The number of ether oxygens (including phenoxy) is 1. The summed E-state index contributed by atoms with van der Waals surface area (Å²) in [5.74, 6) is 0.128. The second-order valence-corrected chi connectivity index (χ2v) is 7.93. The van der Waals surface area contributed by atoms with Crippen LogP contribution in [0.2, 0.25) is 0 Å². The third-order valence-electron chi connectivity index (χ3n) is 4.08. The van der Waals surface area contributed by atoms with Crippen LogP contribution in [0.5, 0.6) is 0 Å². The summed E-state index contributed by atoms with van der Waals surface area (Å²) in [7, 11) is -3.66. The van der Waals surface area contributed by atoms with Crippen molar-refractivity contribution in [2.24, 2.45) is 0 Å². The summed E-state index contributed by atoms with van der Waals surface area (Å²) in [5, 5.41) is 3.80. The molecule has 0 saturated heterocycles. The molecular weight excluding hydrogens is 370 g/mol. The fourth-order valence-electron chi connectivity index (χ4n) is 2.57. The minimum Gasteiger partial charge on any atom is -0.452 e. The van der Waals surface area contributed by atoms with Gasteiger partial charge in [-0.15, -0.1) is 0 Å². The molecule has 0 aliphatic heterocycles. The van der Waals surface area contributed by atoms with Crippen molar-refractivity contribution < 1.29 is 22.5 Å².